The van der Waals surface area contributed by atoms with Gasteiger partial charge in [0, 0.05) is 13.0 Å². The van der Waals surface area contributed by atoms with Gasteiger partial charge in [0.25, 0.3) is 0 Å². The maximum Gasteiger partial charge on any atom is 0.323 e. The van der Waals surface area contributed by atoms with E-state index in [0.29, 0.717) is 12.8 Å². The molecule has 1 aromatic carbocycles. The maximum atomic E-state index is 11.9. The zero-order valence-corrected chi connectivity index (χ0v) is 10.2. The summed E-state index contributed by atoms with van der Waals surface area (Å²) in [5.74, 6) is -1.17. The molecule has 1 amide bonds. The van der Waals surface area contributed by atoms with Crippen LogP contribution in [-0.2, 0) is 16.0 Å². The molecule has 0 saturated carbocycles. The Balaban J connectivity index is 2.51. The van der Waals surface area contributed by atoms with E-state index in [4.69, 9.17) is 5.11 Å². The monoisotopic (exact) mass is 247 g/mol. The Morgan fingerprint density at radius 2 is 1.94 bits per heavy atom. The molecule has 0 bridgehead atoms. The highest BCUT2D eigenvalue weighted by Crippen LogP contribution is 2.05. The highest BCUT2D eigenvalue weighted by molar-refractivity contribution is 5.81. The van der Waals surface area contributed by atoms with Gasteiger partial charge in [-0.2, -0.15) is 0 Å². The van der Waals surface area contributed by atoms with Gasteiger partial charge < -0.3 is 10.0 Å². The van der Waals surface area contributed by atoms with Crippen LogP contribution in [0.3, 0.4) is 0 Å². The van der Waals surface area contributed by atoms with Crippen LogP contribution in [-0.4, -0.2) is 35.0 Å². The van der Waals surface area contributed by atoms with Crippen molar-refractivity contribution in [2.24, 2.45) is 0 Å². The first-order chi connectivity index (χ1) is 8.63. The predicted octanol–water partition coefficient (Wildman–Crippen LogP) is 1.72. The summed E-state index contributed by atoms with van der Waals surface area (Å²) in [6.45, 7) is 3.51. The first-order valence-electron chi connectivity index (χ1n) is 5.78. The molecule has 0 unspecified atom stereocenters. The second-order valence-electron chi connectivity index (χ2n) is 3.94. The van der Waals surface area contributed by atoms with E-state index in [2.05, 4.69) is 6.58 Å². The van der Waals surface area contributed by atoms with Crippen LogP contribution in [0.4, 0.5) is 0 Å². The normalized spacial score (nSPS) is 9.78. The lowest BCUT2D eigenvalue weighted by molar-refractivity contribution is -0.144. The van der Waals surface area contributed by atoms with E-state index in [1.54, 1.807) is 0 Å². The van der Waals surface area contributed by atoms with Crippen LogP contribution in [0.1, 0.15) is 12.0 Å². The standard InChI is InChI=1S/C14H17NO3/c1-2-10-15(11-14(17)18)13(16)9-8-12-6-4-3-5-7-12/h2-7H,1,8-11H2,(H,17,18). The highest BCUT2D eigenvalue weighted by atomic mass is 16.4. The van der Waals surface area contributed by atoms with Crippen LogP contribution in [0.15, 0.2) is 43.0 Å². The number of carboxylic acids is 1. The molecule has 0 fully saturated rings. The summed E-state index contributed by atoms with van der Waals surface area (Å²) in [4.78, 5) is 23.8. The number of hydrogen-bond acceptors (Lipinski definition) is 2. The maximum absolute atomic E-state index is 11.9. The summed E-state index contributed by atoms with van der Waals surface area (Å²) in [7, 11) is 0. The van der Waals surface area contributed by atoms with Gasteiger partial charge in [0.15, 0.2) is 0 Å². The Labute approximate surface area is 107 Å². The lowest BCUT2D eigenvalue weighted by Gasteiger charge is -2.18. The van der Waals surface area contributed by atoms with Crippen LogP contribution < -0.4 is 0 Å². The Bertz CT molecular complexity index is 414. The summed E-state index contributed by atoms with van der Waals surface area (Å²) < 4.78 is 0. The molecule has 0 heterocycles. The third kappa shape index (κ3) is 4.82. The fourth-order valence-corrected chi connectivity index (χ4v) is 1.63. The van der Waals surface area contributed by atoms with E-state index in [9.17, 15) is 9.59 Å². The van der Waals surface area contributed by atoms with Gasteiger partial charge in [0.05, 0.1) is 0 Å². The van der Waals surface area contributed by atoms with E-state index >= 15 is 0 Å². The molecule has 1 N–H and O–H groups in total. The van der Waals surface area contributed by atoms with Crippen molar-refractivity contribution in [3.05, 3.63) is 48.6 Å². The number of aryl methyl sites for hydroxylation is 1. The number of rotatable bonds is 7. The number of carbonyl (C=O) groups is 2. The lowest BCUT2D eigenvalue weighted by atomic mass is 10.1. The fourth-order valence-electron chi connectivity index (χ4n) is 1.63. The van der Waals surface area contributed by atoms with Crippen molar-refractivity contribution in [1.82, 2.24) is 4.90 Å². The predicted molar refractivity (Wildman–Crippen MR) is 69.2 cm³/mol. The molecule has 0 aromatic heterocycles. The zero-order valence-electron chi connectivity index (χ0n) is 10.2. The minimum absolute atomic E-state index is 0.166. The molecule has 1 rings (SSSR count). The van der Waals surface area contributed by atoms with E-state index in [-0.39, 0.29) is 19.0 Å². The van der Waals surface area contributed by atoms with Gasteiger partial charge in [-0.1, -0.05) is 36.4 Å². The van der Waals surface area contributed by atoms with E-state index in [1.165, 1.54) is 11.0 Å². The molecule has 0 radical (unpaired) electrons. The second kappa shape index (κ2) is 7.27. The molecule has 96 valence electrons. The van der Waals surface area contributed by atoms with Crippen LogP contribution in [0.25, 0.3) is 0 Å². The number of carboxylic acid groups (broad SMARTS) is 1. The molecule has 0 aliphatic carbocycles. The number of benzene rings is 1. The van der Waals surface area contributed by atoms with Crippen LogP contribution in [0.5, 0.6) is 0 Å². The quantitative estimate of drug-likeness (QED) is 0.746. The Kier molecular flexibility index (Phi) is 5.64. The van der Waals surface area contributed by atoms with Crippen molar-refractivity contribution in [3.8, 4) is 0 Å². The molecule has 0 saturated heterocycles. The second-order valence-corrected chi connectivity index (χ2v) is 3.94. The average molecular weight is 247 g/mol. The van der Waals surface area contributed by atoms with Crippen molar-refractivity contribution in [2.45, 2.75) is 12.8 Å². The first kappa shape index (κ1) is 14.0. The van der Waals surface area contributed by atoms with Gasteiger partial charge in [-0.15, -0.1) is 6.58 Å². The topological polar surface area (TPSA) is 57.6 Å². The number of carbonyl (C=O) groups excluding carboxylic acids is 1. The van der Waals surface area contributed by atoms with Gasteiger partial charge in [-0.3, -0.25) is 9.59 Å². The molecular weight excluding hydrogens is 230 g/mol. The first-order valence-corrected chi connectivity index (χ1v) is 5.78. The van der Waals surface area contributed by atoms with Crippen molar-refractivity contribution < 1.29 is 14.7 Å². The summed E-state index contributed by atoms with van der Waals surface area (Å²) in [5, 5.41) is 8.72. The number of hydrogen-bond donors (Lipinski definition) is 1. The molecule has 0 atom stereocenters. The van der Waals surface area contributed by atoms with E-state index in [0.717, 1.165) is 5.56 Å². The van der Waals surface area contributed by atoms with Gasteiger partial charge >= 0.3 is 5.97 Å². The molecule has 1 aromatic rings. The largest absolute Gasteiger partial charge is 0.480 e. The molecule has 4 heteroatoms. The van der Waals surface area contributed by atoms with Gasteiger partial charge in [0.1, 0.15) is 6.54 Å². The lowest BCUT2D eigenvalue weighted by Crippen LogP contribution is -2.35. The van der Waals surface area contributed by atoms with Crippen molar-refractivity contribution in [2.75, 3.05) is 13.1 Å². The minimum Gasteiger partial charge on any atom is -0.480 e. The molecule has 0 aliphatic rings. The Morgan fingerprint density at radius 3 is 2.50 bits per heavy atom. The molecule has 4 nitrogen and oxygen atoms in total. The van der Waals surface area contributed by atoms with Gasteiger partial charge in [0.2, 0.25) is 5.91 Å². The smallest absolute Gasteiger partial charge is 0.323 e. The SMILES string of the molecule is C=CCN(CC(=O)O)C(=O)CCc1ccccc1. The van der Waals surface area contributed by atoms with E-state index < -0.39 is 5.97 Å². The summed E-state index contributed by atoms with van der Waals surface area (Å²) in [6.07, 6.45) is 2.46. The van der Waals surface area contributed by atoms with Gasteiger partial charge in [-0.25, -0.2) is 0 Å². The summed E-state index contributed by atoms with van der Waals surface area (Å²) in [6, 6.07) is 9.64. The zero-order chi connectivity index (χ0) is 13.4. The van der Waals surface area contributed by atoms with Crippen molar-refractivity contribution in [3.63, 3.8) is 0 Å². The average Bonchev–Trinajstić information content (AvgIpc) is 2.36. The molecule has 0 spiro atoms. The third-order valence-corrected chi connectivity index (χ3v) is 2.50. The van der Waals surface area contributed by atoms with Crippen molar-refractivity contribution in [1.29, 1.82) is 0 Å². The van der Waals surface area contributed by atoms with Crippen LogP contribution >= 0.6 is 0 Å². The minimum atomic E-state index is -1.01. The third-order valence-electron chi connectivity index (χ3n) is 2.50. The van der Waals surface area contributed by atoms with Crippen LogP contribution in [0.2, 0.25) is 0 Å². The molecule has 0 aliphatic heterocycles. The summed E-state index contributed by atoms with van der Waals surface area (Å²) in [5.41, 5.74) is 1.07. The number of nitrogens with zero attached hydrogens (tertiary/aromatic N) is 1. The Morgan fingerprint density at radius 1 is 1.28 bits per heavy atom. The highest BCUT2D eigenvalue weighted by Gasteiger charge is 2.14. The fraction of sp³-hybridized carbons (Fsp3) is 0.286. The number of aliphatic carboxylic acids is 1. The van der Waals surface area contributed by atoms with Gasteiger partial charge in [-0.05, 0) is 12.0 Å². The number of amides is 1. The van der Waals surface area contributed by atoms with Crippen LogP contribution in [0, 0.1) is 0 Å². The Hall–Kier alpha value is -2.10. The molecular formula is C14H17NO3. The summed E-state index contributed by atoms with van der Waals surface area (Å²) >= 11 is 0. The van der Waals surface area contributed by atoms with E-state index in [1.807, 2.05) is 30.3 Å². The molecule has 18 heavy (non-hydrogen) atoms. The van der Waals surface area contributed by atoms with Crippen molar-refractivity contribution >= 4 is 11.9 Å².